The van der Waals surface area contributed by atoms with Crippen molar-refractivity contribution in [2.75, 3.05) is 37.5 Å². The number of hydrogen-bond donors (Lipinski definition) is 1. The zero-order valence-corrected chi connectivity index (χ0v) is 13.0. The Morgan fingerprint density at radius 3 is 2.71 bits per heavy atom. The van der Waals surface area contributed by atoms with Crippen molar-refractivity contribution in [3.63, 3.8) is 0 Å². The number of nitrogens with zero attached hydrogens (tertiary/aromatic N) is 1. The minimum absolute atomic E-state index is 0.160. The average Bonchev–Trinajstić information content (AvgIpc) is 2.48. The summed E-state index contributed by atoms with van der Waals surface area (Å²) < 4.78 is 31.5. The van der Waals surface area contributed by atoms with E-state index in [-0.39, 0.29) is 23.1 Å². The average molecular weight is 333 g/mol. The molecule has 1 aromatic rings. The van der Waals surface area contributed by atoms with Crippen LogP contribution in [0.1, 0.15) is 6.42 Å². The molecule has 1 saturated heterocycles. The summed E-state index contributed by atoms with van der Waals surface area (Å²) >= 11 is 5.49. The van der Waals surface area contributed by atoms with Gasteiger partial charge in [0, 0.05) is 31.1 Å². The Kier molecular flexibility index (Phi) is 5.58. The van der Waals surface area contributed by atoms with Gasteiger partial charge in [0.2, 0.25) is 15.9 Å². The number of nitrogens with one attached hydrogen (secondary N) is 1. The second-order valence-electron chi connectivity index (χ2n) is 4.53. The molecule has 1 N–H and O–H groups in total. The van der Waals surface area contributed by atoms with Crippen molar-refractivity contribution in [3.05, 3.63) is 24.3 Å². The van der Waals surface area contributed by atoms with Crippen LogP contribution in [0.4, 0.5) is 5.69 Å². The Hall–Kier alpha value is -1.15. The zero-order chi connectivity index (χ0) is 15.3. The second kappa shape index (κ2) is 7.22. The summed E-state index contributed by atoms with van der Waals surface area (Å²) in [4.78, 5) is 11.7. The van der Waals surface area contributed by atoms with Gasteiger partial charge in [-0.2, -0.15) is 4.31 Å². The van der Waals surface area contributed by atoms with Crippen LogP contribution in [0.3, 0.4) is 0 Å². The van der Waals surface area contributed by atoms with Crippen molar-refractivity contribution >= 4 is 33.2 Å². The first kappa shape index (κ1) is 16.2. The number of hydrogen-bond acceptors (Lipinski definition) is 4. The molecule has 0 bridgehead atoms. The highest BCUT2D eigenvalue weighted by atomic mass is 35.5. The molecule has 2 rings (SSSR count). The maximum Gasteiger partial charge on any atom is 0.243 e. The van der Waals surface area contributed by atoms with Gasteiger partial charge >= 0.3 is 0 Å². The molecule has 21 heavy (non-hydrogen) atoms. The van der Waals surface area contributed by atoms with E-state index in [1.165, 1.54) is 16.4 Å². The monoisotopic (exact) mass is 332 g/mol. The highest BCUT2D eigenvalue weighted by Crippen LogP contribution is 2.20. The molecule has 1 aliphatic rings. The molecule has 1 amide bonds. The maximum absolute atomic E-state index is 12.5. The molecule has 0 saturated carbocycles. The van der Waals surface area contributed by atoms with Gasteiger partial charge in [0.15, 0.2) is 0 Å². The summed E-state index contributed by atoms with van der Waals surface area (Å²) in [6, 6.07) is 6.22. The number of carbonyl (C=O) groups is 1. The van der Waals surface area contributed by atoms with Gasteiger partial charge in [-0.15, -0.1) is 11.6 Å². The van der Waals surface area contributed by atoms with Crippen molar-refractivity contribution in [1.29, 1.82) is 0 Å². The minimum atomic E-state index is -3.56. The van der Waals surface area contributed by atoms with Gasteiger partial charge in [0.1, 0.15) is 0 Å². The number of halogens is 1. The molecule has 1 fully saturated rings. The van der Waals surface area contributed by atoms with Crippen LogP contribution in [0.15, 0.2) is 29.2 Å². The molecular formula is C13H17ClN2O4S. The van der Waals surface area contributed by atoms with Crippen LogP contribution in [0.2, 0.25) is 0 Å². The fourth-order valence-corrected chi connectivity index (χ4v) is 3.61. The van der Waals surface area contributed by atoms with Crippen LogP contribution in [0, 0.1) is 0 Å². The quantitative estimate of drug-likeness (QED) is 0.824. The zero-order valence-electron chi connectivity index (χ0n) is 11.4. The van der Waals surface area contributed by atoms with Gasteiger partial charge in [0.05, 0.1) is 18.1 Å². The lowest BCUT2D eigenvalue weighted by molar-refractivity contribution is -0.115. The standard InChI is InChI=1S/C13H17ClN2O4S/c14-5-4-13(17)15-11-2-1-3-12(10-11)21(18,19)16-6-8-20-9-7-16/h1-3,10H,4-9H2,(H,15,17). The molecule has 1 heterocycles. The normalized spacial score (nSPS) is 16.6. The molecule has 6 nitrogen and oxygen atoms in total. The van der Waals surface area contributed by atoms with E-state index in [1.807, 2.05) is 0 Å². The fraction of sp³-hybridized carbons (Fsp3) is 0.462. The Labute approximate surface area is 129 Å². The number of amides is 1. The number of carbonyl (C=O) groups excluding carboxylic acids is 1. The highest BCUT2D eigenvalue weighted by Gasteiger charge is 2.26. The van der Waals surface area contributed by atoms with Gasteiger partial charge in [-0.3, -0.25) is 4.79 Å². The van der Waals surface area contributed by atoms with Crippen molar-refractivity contribution < 1.29 is 17.9 Å². The lowest BCUT2D eigenvalue weighted by Gasteiger charge is -2.26. The van der Waals surface area contributed by atoms with E-state index >= 15 is 0 Å². The van der Waals surface area contributed by atoms with Crippen molar-refractivity contribution in [2.45, 2.75) is 11.3 Å². The SMILES string of the molecule is O=C(CCCl)Nc1cccc(S(=O)(=O)N2CCOCC2)c1. The lowest BCUT2D eigenvalue weighted by atomic mass is 10.3. The van der Waals surface area contributed by atoms with Gasteiger partial charge in [0.25, 0.3) is 0 Å². The molecule has 1 aliphatic heterocycles. The predicted molar refractivity (Wildman–Crippen MR) is 80.0 cm³/mol. The summed E-state index contributed by atoms with van der Waals surface area (Å²) in [6.45, 7) is 1.47. The van der Waals surface area contributed by atoms with Crippen LogP contribution in [-0.4, -0.2) is 50.8 Å². The van der Waals surface area contributed by atoms with Crippen LogP contribution in [-0.2, 0) is 19.6 Å². The largest absolute Gasteiger partial charge is 0.379 e. The summed E-state index contributed by atoms with van der Waals surface area (Å²) in [5, 5.41) is 2.63. The van der Waals surface area contributed by atoms with Crippen LogP contribution in [0.25, 0.3) is 0 Å². The summed E-state index contributed by atoms with van der Waals surface area (Å²) in [5.41, 5.74) is 0.444. The predicted octanol–water partition coefficient (Wildman–Crippen LogP) is 1.27. The number of morpholine rings is 1. The van der Waals surface area contributed by atoms with E-state index in [4.69, 9.17) is 16.3 Å². The van der Waals surface area contributed by atoms with E-state index < -0.39 is 10.0 Å². The number of benzene rings is 1. The Morgan fingerprint density at radius 1 is 1.33 bits per heavy atom. The topological polar surface area (TPSA) is 75.7 Å². The number of anilines is 1. The molecule has 1 aromatic carbocycles. The number of sulfonamides is 1. The van der Waals surface area contributed by atoms with Crippen LogP contribution in [0.5, 0.6) is 0 Å². The molecule has 0 spiro atoms. The second-order valence-corrected chi connectivity index (χ2v) is 6.85. The van der Waals surface area contributed by atoms with Crippen LogP contribution < -0.4 is 5.32 Å². The van der Waals surface area contributed by atoms with Crippen LogP contribution >= 0.6 is 11.6 Å². The van der Waals surface area contributed by atoms with Crippen molar-refractivity contribution in [1.82, 2.24) is 4.31 Å². The molecule has 0 radical (unpaired) electrons. The number of ether oxygens (including phenoxy) is 1. The van der Waals surface area contributed by atoms with Gasteiger partial charge in [-0.05, 0) is 18.2 Å². The van der Waals surface area contributed by atoms with Gasteiger partial charge in [-0.1, -0.05) is 6.07 Å². The fourth-order valence-electron chi connectivity index (χ4n) is 1.98. The number of alkyl halides is 1. The number of rotatable bonds is 5. The minimum Gasteiger partial charge on any atom is -0.379 e. The summed E-state index contributed by atoms with van der Waals surface area (Å²) in [7, 11) is -3.56. The first-order valence-electron chi connectivity index (χ1n) is 6.58. The smallest absolute Gasteiger partial charge is 0.243 e. The van der Waals surface area contributed by atoms with E-state index in [1.54, 1.807) is 12.1 Å². The van der Waals surface area contributed by atoms with E-state index in [2.05, 4.69) is 5.32 Å². The highest BCUT2D eigenvalue weighted by molar-refractivity contribution is 7.89. The summed E-state index contributed by atoms with van der Waals surface area (Å²) in [5.74, 6) is -0.0247. The van der Waals surface area contributed by atoms with Crippen molar-refractivity contribution in [2.24, 2.45) is 0 Å². The lowest BCUT2D eigenvalue weighted by Crippen LogP contribution is -2.40. The molecular weight excluding hydrogens is 316 g/mol. The van der Waals surface area contributed by atoms with E-state index in [0.717, 1.165) is 0 Å². The third-order valence-electron chi connectivity index (χ3n) is 3.05. The molecule has 8 heteroatoms. The molecule has 0 unspecified atom stereocenters. The van der Waals surface area contributed by atoms with Crippen molar-refractivity contribution in [3.8, 4) is 0 Å². The summed E-state index contributed by atoms with van der Waals surface area (Å²) in [6.07, 6.45) is 0.183. The Morgan fingerprint density at radius 2 is 2.05 bits per heavy atom. The Bertz CT molecular complexity index is 600. The first-order valence-corrected chi connectivity index (χ1v) is 8.55. The molecule has 0 aliphatic carbocycles. The molecule has 0 aromatic heterocycles. The van der Waals surface area contributed by atoms with Gasteiger partial charge in [-0.25, -0.2) is 8.42 Å². The maximum atomic E-state index is 12.5. The van der Waals surface area contributed by atoms with E-state index in [0.29, 0.717) is 32.0 Å². The third kappa shape index (κ3) is 4.16. The molecule has 116 valence electrons. The van der Waals surface area contributed by atoms with E-state index in [9.17, 15) is 13.2 Å². The van der Waals surface area contributed by atoms with Gasteiger partial charge < -0.3 is 10.1 Å². The molecule has 0 atom stereocenters. The first-order chi connectivity index (χ1) is 10.0. The third-order valence-corrected chi connectivity index (χ3v) is 5.13. The Balaban J connectivity index is 2.17.